The van der Waals surface area contributed by atoms with Crippen molar-refractivity contribution in [1.29, 1.82) is 0 Å². The van der Waals surface area contributed by atoms with E-state index in [4.69, 9.17) is 16.6 Å². The second-order valence-electron chi connectivity index (χ2n) is 8.59. The Kier molecular flexibility index (Phi) is 6.25. The molecule has 7 heteroatoms. The molecule has 4 nitrogen and oxygen atoms in total. The van der Waals surface area contributed by atoms with Crippen molar-refractivity contribution in [3.8, 4) is 0 Å². The van der Waals surface area contributed by atoms with Crippen LogP contribution in [0.25, 0.3) is 10.8 Å². The van der Waals surface area contributed by atoms with Crippen LogP contribution in [-0.2, 0) is 11.2 Å². The van der Waals surface area contributed by atoms with Gasteiger partial charge < -0.3 is 4.90 Å². The van der Waals surface area contributed by atoms with E-state index in [1.807, 2.05) is 72.6 Å². The van der Waals surface area contributed by atoms with Crippen molar-refractivity contribution in [2.24, 2.45) is 4.99 Å². The van der Waals surface area contributed by atoms with E-state index < -0.39 is 0 Å². The van der Waals surface area contributed by atoms with E-state index in [-0.39, 0.29) is 5.91 Å². The molecule has 0 saturated carbocycles. The number of amidine groups is 1. The number of hydrogen-bond acceptors (Lipinski definition) is 5. The fraction of sp³-hybridized carbons (Fsp3) is 0.103. The monoisotopic (exact) mass is 527 g/mol. The van der Waals surface area contributed by atoms with Gasteiger partial charge in [-0.25, -0.2) is 4.99 Å². The Morgan fingerprint density at radius 3 is 2.53 bits per heavy atom. The van der Waals surface area contributed by atoms with E-state index in [0.717, 1.165) is 38.5 Å². The van der Waals surface area contributed by atoms with Gasteiger partial charge in [0.05, 0.1) is 16.4 Å². The van der Waals surface area contributed by atoms with Crippen molar-refractivity contribution >= 4 is 68.3 Å². The minimum Gasteiger partial charge on any atom is -0.337 e. The summed E-state index contributed by atoms with van der Waals surface area (Å²) in [7, 11) is 1.99. The maximum atomic E-state index is 13.8. The first kappa shape index (κ1) is 23.2. The van der Waals surface area contributed by atoms with Crippen molar-refractivity contribution in [2.75, 3.05) is 18.5 Å². The van der Waals surface area contributed by atoms with Crippen molar-refractivity contribution in [1.82, 2.24) is 4.90 Å². The number of benzene rings is 4. The molecule has 36 heavy (non-hydrogen) atoms. The number of carbonyl (C=O) groups is 1. The third-order valence-corrected chi connectivity index (χ3v) is 8.97. The van der Waals surface area contributed by atoms with Crippen molar-refractivity contribution in [3.05, 3.63) is 112 Å². The van der Waals surface area contributed by atoms with Gasteiger partial charge in [-0.2, -0.15) is 0 Å². The lowest BCUT2D eigenvalue weighted by molar-refractivity contribution is -0.122. The Balaban J connectivity index is 1.41. The highest BCUT2D eigenvalue weighted by molar-refractivity contribution is 8.19. The number of thioether (sulfide) groups is 2. The summed E-state index contributed by atoms with van der Waals surface area (Å²) in [4.78, 5) is 24.6. The van der Waals surface area contributed by atoms with Gasteiger partial charge in [-0.1, -0.05) is 90.1 Å². The average molecular weight is 528 g/mol. The Hall–Kier alpha value is -3.19. The maximum Gasteiger partial charge on any atom is 0.269 e. The molecular formula is C29H22ClN3OS2. The highest BCUT2D eigenvalue weighted by Gasteiger charge is 2.39. The fourth-order valence-electron chi connectivity index (χ4n) is 4.43. The van der Waals surface area contributed by atoms with E-state index in [0.29, 0.717) is 21.6 Å². The van der Waals surface area contributed by atoms with Gasteiger partial charge in [-0.3, -0.25) is 9.69 Å². The summed E-state index contributed by atoms with van der Waals surface area (Å²) in [5, 5.41) is 4.49. The molecule has 178 valence electrons. The Morgan fingerprint density at radius 2 is 1.67 bits per heavy atom. The van der Waals surface area contributed by atoms with Gasteiger partial charge >= 0.3 is 0 Å². The molecule has 4 aromatic carbocycles. The van der Waals surface area contributed by atoms with Crippen LogP contribution in [0.5, 0.6) is 0 Å². The Labute approximate surface area is 223 Å². The van der Waals surface area contributed by atoms with Crippen LogP contribution < -0.4 is 4.90 Å². The molecule has 0 atom stereocenters. The van der Waals surface area contributed by atoms with Crippen LogP contribution in [0.1, 0.15) is 5.56 Å². The van der Waals surface area contributed by atoms with E-state index in [1.165, 1.54) is 17.3 Å². The Morgan fingerprint density at radius 1 is 0.889 bits per heavy atom. The van der Waals surface area contributed by atoms with E-state index in [1.54, 1.807) is 11.8 Å². The molecule has 0 N–H and O–H groups in total. The number of hydrogen-bond donors (Lipinski definition) is 0. The summed E-state index contributed by atoms with van der Waals surface area (Å²) in [5.41, 5.74) is 3.07. The molecule has 0 spiro atoms. The van der Waals surface area contributed by atoms with Crippen molar-refractivity contribution in [3.63, 3.8) is 0 Å². The van der Waals surface area contributed by atoms with E-state index in [9.17, 15) is 4.79 Å². The molecule has 0 aliphatic carbocycles. The van der Waals surface area contributed by atoms with Gasteiger partial charge in [0.2, 0.25) is 0 Å². The van der Waals surface area contributed by atoms with Gasteiger partial charge in [0, 0.05) is 28.9 Å². The van der Waals surface area contributed by atoms with Crippen LogP contribution in [-0.4, -0.2) is 29.6 Å². The number of aliphatic imine (C=N–C) groups is 1. The fourth-order valence-corrected chi connectivity index (χ4v) is 6.94. The number of fused-ring (bicyclic) bond motifs is 2. The predicted molar refractivity (Wildman–Crippen MR) is 153 cm³/mol. The number of carbonyl (C=O) groups excluding carboxylic acids is 1. The molecule has 1 fully saturated rings. The zero-order valence-electron chi connectivity index (χ0n) is 19.5. The van der Waals surface area contributed by atoms with Crippen molar-refractivity contribution in [2.45, 2.75) is 11.3 Å². The molecular weight excluding hydrogens is 506 g/mol. The minimum atomic E-state index is -0.0110. The molecule has 1 amide bonds. The SMILES string of the molecule is CN1C(=C2SC(=Nc3cccc4ccccc34)N(CCc3ccccc3)C2=O)Sc2ccc(Cl)cc21. The summed E-state index contributed by atoms with van der Waals surface area (Å²) in [6.07, 6.45) is 0.753. The molecule has 1 saturated heterocycles. The number of nitrogens with zero attached hydrogens (tertiary/aromatic N) is 3. The van der Waals surface area contributed by atoms with Gasteiger partial charge in [-0.05, 0) is 53.4 Å². The quantitative estimate of drug-likeness (QED) is 0.255. The van der Waals surface area contributed by atoms with Crippen LogP contribution in [0.4, 0.5) is 11.4 Å². The third kappa shape index (κ3) is 4.30. The van der Waals surface area contributed by atoms with Crippen LogP contribution in [0.15, 0.2) is 111 Å². The minimum absolute atomic E-state index is 0.0110. The zero-order valence-corrected chi connectivity index (χ0v) is 21.9. The van der Waals surface area contributed by atoms with Gasteiger partial charge in [0.1, 0.15) is 4.91 Å². The average Bonchev–Trinajstić information content (AvgIpc) is 3.39. The van der Waals surface area contributed by atoms with Crippen molar-refractivity contribution < 1.29 is 4.79 Å². The maximum absolute atomic E-state index is 13.8. The largest absolute Gasteiger partial charge is 0.337 e. The second kappa shape index (κ2) is 9.69. The van der Waals surface area contributed by atoms with E-state index in [2.05, 4.69) is 35.2 Å². The molecule has 4 aromatic rings. The predicted octanol–water partition coefficient (Wildman–Crippen LogP) is 7.71. The standard InChI is InChI=1S/C29H22ClN3OS2/c1-32-24-18-21(30)14-15-25(24)35-28(32)26-27(34)33(17-16-19-8-3-2-4-9-19)29(36-26)31-23-13-7-11-20-10-5-6-12-22(20)23/h2-15,18H,16-17H2,1H3. The van der Waals surface area contributed by atoms with Crippen LogP contribution in [0.2, 0.25) is 5.02 Å². The number of rotatable bonds is 4. The molecule has 0 radical (unpaired) electrons. The lowest BCUT2D eigenvalue weighted by atomic mass is 10.1. The van der Waals surface area contributed by atoms with Gasteiger partial charge in [0.25, 0.3) is 5.91 Å². The second-order valence-corrected chi connectivity index (χ2v) is 11.0. The van der Waals surface area contributed by atoms with Gasteiger partial charge in [-0.15, -0.1) is 0 Å². The summed E-state index contributed by atoms with van der Waals surface area (Å²) < 4.78 is 0. The number of amides is 1. The zero-order chi connectivity index (χ0) is 24.6. The smallest absolute Gasteiger partial charge is 0.269 e. The number of halogens is 1. The summed E-state index contributed by atoms with van der Waals surface area (Å²) >= 11 is 9.31. The molecule has 2 aliphatic heterocycles. The van der Waals surface area contributed by atoms with Crippen LogP contribution >= 0.6 is 35.1 Å². The van der Waals surface area contributed by atoms with Crippen LogP contribution in [0.3, 0.4) is 0 Å². The summed E-state index contributed by atoms with van der Waals surface area (Å²) in [5.74, 6) is -0.0110. The molecule has 0 aromatic heterocycles. The molecule has 6 rings (SSSR count). The van der Waals surface area contributed by atoms with Crippen LogP contribution in [0, 0.1) is 0 Å². The molecule has 2 aliphatic rings. The highest BCUT2D eigenvalue weighted by atomic mass is 35.5. The molecule has 0 unspecified atom stereocenters. The third-order valence-electron chi connectivity index (χ3n) is 6.30. The Bertz CT molecular complexity index is 1550. The summed E-state index contributed by atoms with van der Waals surface area (Å²) in [6.45, 7) is 0.559. The highest BCUT2D eigenvalue weighted by Crippen LogP contribution is 2.50. The first-order valence-electron chi connectivity index (χ1n) is 11.6. The number of anilines is 1. The lowest BCUT2D eigenvalue weighted by Gasteiger charge is -2.17. The topological polar surface area (TPSA) is 35.9 Å². The lowest BCUT2D eigenvalue weighted by Crippen LogP contribution is -2.31. The first-order chi connectivity index (χ1) is 17.6. The molecule has 2 heterocycles. The summed E-state index contributed by atoms with van der Waals surface area (Å²) in [6, 6.07) is 30.4. The first-order valence-corrected chi connectivity index (χ1v) is 13.6. The van der Waals surface area contributed by atoms with Gasteiger partial charge in [0.15, 0.2) is 5.17 Å². The normalized spacial score (nSPS) is 18.5. The molecule has 0 bridgehead atoms. The van der Waals surface area contributed by atoms with E-state index >= 15 is 0 Å².